The Morgan fingerprint density at radius 1 is 1.32 bits per heavy atom. The largest absolute Gasteiger partial charge is 0.441 e. The van der Waals surface area contributed by atoms with Crippen LogP contribution in [0.15, 0.2) is 33.2 Å². The lowest BCUT2D eigenvalue weighted by atomic mass is 10.1. The number of oxazole rings is 1. The van der Waals surface area contributed by atoms with Gasteiger partial charge in [0.15, 0.2) is 0 Å². The molecule has 0 atom stereocenters. The third-order valence-corrected chi connectivity index (χ3v) is 4.48. The molecule has 116 valence electrons. The van der Waals surface area contributed by atoms with E-state index in [0.717, 1.165) is 47.4 Å². The minimum atomic E-state index is 0.150. The number of hydrogen-bond acceptors (Lipinski definition) is 3. The minimum absolute atomic E-state index is 0.150. The maximum Gasteiger partial charge on any atom is 0.228 e. The van der Waals surface area contributed by atoms with Crippen molar-refractivity contribution in [2.45, 2.75) is 32.6 Å². The highest BCUT2D eigenvalue weighted by molar-refractivity contribution is 9.10. The Morgan fingerprint density at radius 3 is 2.82 bits per heavy atom. The normalized spacial score (nSPS) is 15.1. The molecule has 2 aromatic rings. The van der Waals surface area contributed by atoms with Gasteiger partial charge < -0.3 is 9.32 Å². The molecular weight excluding hydrogens is 344 g/mol. The van der Waals surface area contributed by atoms with Gasteiger partial charge in [-0.25, -0.2) is 4.98 Å². The Kier molecular flexibility index (Phi) is 4.62. The van der Waals surface area contributed by atoms with Gasteiger partial charge in [-0.15, -0.1) is 0 Å². The Labute approximate surface area is 138 Å². The molecule has 5 heteroatoms. The van der Waals surface area contributed by atoms with Gasteiger partial charge in [0.05, 0.1) is 12.1 Å². The van der Waals surface area contributed by atoms with Crippen LogP contribution in [0.5, 0.6) is 0 Å². The Hall–Kier alpha value is -1.62. The smallest absolute Gasteiger partial charge is 0.228 e. The molecule has 1 amide bonds. The number of nitrogens with zero attached hydrogens (tertiary/aromatic N) is 2. The van der Waals surface area contributed by atoms with Crippen LogP contribution in [0.4, 0.5) is 0 Å². The van der Waals surface area contributed by atoms with Crippen molar-refractivity contribution in [1.29, 1.82) is 0 Å². The molecule has 2 heterocycles. The lowest BCUT2D eigenvalue weighted by Gasteiger charge is -2.26. The van der Waals surface area contributed by atoms with Crippen LogP contribution in [0.1, 0.15) is 30.7 Å². The molecule has 1 fully saturated rings. The average Bonchev–Trinajstić information content (AvgIpc) is 2.89. The van der Waals surface area contributed by atoms with Crippen LogP contribution in [0.25, 0.3) is 11.5 Å². The number of benzene rings is 1. The summed E-state index contributed by atoms with van der Waals surface area (Å²) in [5, 5.41) is 0. The van der Waals surface area contributed by atoms with Crippen molar-refractivity contribution in [3.05, 3.63) is 40.2 Å². The fraction of sp³-hybridized carbons (Fsp3) is 0.412. The first kappa shape index (κ1) is 15.3. The van der Waals surface area contributed by atoms with Crippen LogP contribution in [0, 0.1) is 6.92 Å². The van der Waals surface area contributed by atoms with E-state index in [1.807, 2.05) is 36.1 Å². The number of halogens is 1. The van der Waals surface area contributed by atoms with Gasteiger partial charge in [0.25, 0.3) is 0 Å². The molecule has 0 N–H and O–H groups in total. The number of hydrogen-bond donors (Lipinski definition) is 0. The molecule has 0 saturated carbocycles. The second-order valence-corrected chi connectivity index (χ2v) is 6.57. The number of rotatable bonds is 3. The van der Waals surface area contributed by atoms with E-state index in [1.165, 1.54) is 6.42 Å². The van der Waals surface area contributed by atoms with Gasteiger partial charge in [0, 0.05) is 23.1 Å². The zero-order valence-electron chi connectivity index (χ0n) is 12.6. The minimum Gasteiger partial charge on any atom is -0.441 e. The summed E-state index contributed by atoms with van der Waals surface area (Å²) >= 11 is 3.45. The number of likely N-dealkylation sites (tertiary alicyclic amines) is 1. The molecule has 0 aliphatic carbocycles. The van der Waals surface area contributed by atoms with Crippen LogP contribution in [-0.2, 0) is 11.2 Å². The molecule has 1 aliphatic rings. The Morgan fingerprint density at radius 2 is 2.09 bits per heavy atom. The summed E-state index contributed by atoms with van der Waals surface area (Å²) < 4.78 is 6.72. The van der Waals surface area contributed by atoms with E-state index in [9.17, 15) is 4.79 Å². The number of piperidine rings is 1. The van der Waals surface area contributed by atoms with Crippen LogP contribution >= 0.6 is 15.9 Å². The predicted molar refractivity (Wildman–Crippen MR) is 88.5 cm³/mol. The Bertz CT molecular complexity index is 675. The number of aryl methyl sites for hydroxylation is 1. The molecule has 4 nitrogen and oxygen atoms in total. The SMILES string of the molecule is Cc1oc(-c2cccc(Br)c2)nc1CC(=O)N1CCCCC1. The van der Waals surface area contributed by atoms with Crippen molar-refractivity contribution in [3.63, 3.8) is 0 Å². The van der Waals surface area contributed by atoms with Gasteiger partial charge in [-0.05, 0) is 44.4 Å². The van der Waals surface area contributed by atoms with E-state index in [-0.39, 0.29) is 5.91 Å². The average molecular weight is 363 g/mol. The summed E-state index contributed by atoms with van der Waals surface area (Å²) in [5.74, 6) is 1.44. The van der Waals surface area contributed by atoms with E-state index >= 15 is 0 Å². The second kappa shape index (κ2) is 6.65. The molecule has 1 saturated heterocycles. The van der Waals surface area contributed by atoms with Gasteiger partial charge in [0.1, 0.15) is 5.76 Å². The topological polar surface area (TPSA) is 46.3 Å². The lowest BCUT2D eigenvalue weighted by molar-refractivity contribution is -0.131. The van der Waals surface area contributed by atoms with Gasteiger partial charge in [-0.2, -0.15) is 0 Å². The summed E-state index contributed by atoms with van der Waals surface area (Å²) in [6.45, 7) is 3.61. The fourth-order valence-electron chi connectivity index (χ4n) is 2.74. The van der Waals surface area contributed by atoms with Gasteiger partial charge >= 0.3 is 0 Å². The van der Waals surface area contributed by atoms with E-state index < -0.39 is 0 Å². The highest BCUT2D eigenvalue weighted by Crippen LogP contribution is 2.25. The standard InChI is InChI=1S/C17H19BrN2O2/c1-12-15(11-16(21)20-8-3-2-4-9-20)19-17(22-12)13-6-5-7-14(18)10-13/h5-7,10H,2-4,8-9,11H2,1H3. The van der Waals surface area contributed by atoms with Crippen LogP contribution < -0.4 is 0 Å². The van der Waals surface area contributed by atoms with E-state index in [2.05, 4.69) is 20.9 Å². The summed E-state index contributed by atoms with van der Waals surface area (Å²) in [4.78, 5) is 18.8. The zero-order valence-corrected chi connectivity index (χ0v) is 14.2. The molecule has 3 rings (SSSR count). The third kappa shape index (κ3) is 3.40. The number of amides is 1. The van der Waals surface area contributed by atoms with Crippen molar-refractivity contribution in [2.75, 3.05) is 13.1 Å². The molecule has 0 unspecified atom stereocenters. The summed E-state index contributed by atoms with van der Waals surface area (Å²) in [7, 11) is 0. The monoisotopic (exact) mass is 362 g/mol. The quantitative estimate of drug-likeness (QED) is 0.829. The van der Waals surface area contributed by atoms with Crippen LogP contribution in [0.3, 0.4) is 0 Å². The molecule has 1 aromatic carbocycles. The molecule has 0 spiro atoms. The summed E-state index contributed by atoms with van der Waals surface area (Å²) in [6.07, 6.45) is 3.75. The highest BCUT2D eigenvalue weighted by Gasteiger charge is 2.20. The third-order valence-electron chi connectivity index (χ3n) is 3.99. The van der Waals surface area contributed by atoms with Gasteiger partial charge in [0.2, 0.25) is 11.8 Å². The molecule has 1 aliphatic heterocycles. The van der Waals surface area contributed by atoms with Crippen LogP contribution in [0.2, 0.25) is 0 Å². The zero-order chi connectivity index (χ0) is 15.5. The second-order valence-electron chi connectivity index (χ2n) is 5.65. The van der Waals surface area contributed by atoms with Crippen molar-refractivity contribution < 1.29 is 9.21 Å². The first-order valence-electron chi connectivity index (χ1n) is 7.63. The van der Waals surface area contributed by atoms with Crippen molar-refractivity contribution >= 4 is 21.8 Å². The first-order valence-corrected chi connectivity index (χ1v) is 8.43. The fourth-order valence-corrected chi connectivity index (χ4v) is 3.13. The molecule has 1 aromatic heterocycles. The maximum absolute atomic E-state index is 12.4. The molecule has 0 bridgehead atoms. The molecule has 22 heavy (non-hydrogen) atoms. The summed E-state index contributed by atoms with van der Waals surface area (Å²) in [6, 6.07) is 7.81. The summed E-state index contributed by atoms with van der Waals surface area (Å²) in [5.41, 5.74) is 1.65. The van der Waals surface area contributed by atoms with Gasteiger partial charge in [-0.1, -0.05) is 22.0 Å². The van der Waals surface area contributed by atoms with Gasteiger partial charge in [-0.3, -0.25) is 4.79 Å². The van der Waals surface area contributed by atoms with Crippen molar-refractivity contribution in [1.82, 2.24) is 9.88 Å². The number of carbonyl (C=O) groups is 1. The van der Waals surface area contributed by atoms with Crippen molar-refractivity contribution in [2.24, 2.45) is 0 Å². The number of aromatic nitrogens is 1. The predicted octanol–water partition coefficient (Wildman–Crippen LogP) is 3.97. The molecular formula is C17H19BrN2O2. The number of carbonyl (C=O) groups excluding carboxylic acids is 1. The van der Waals surface area contributed by atoms with E-state index in [1.54, 1.807) is 0 Å². The maximum atomic E-state index is 12.4. The van der Waals surface area contributed by atoms with E-state index in [0.29, 0.717) is 12.3 Å². The van der Waals surface area contributed by atoms with Crippen LogP contribution in [-0.4, -0.2) is 28.9 Å². The van der Waals surface area contributed by atoms with E-state index in [4.69, 9.17) is 4.42 Å². The highest BCUT2D eigenvalue weighted by atomic mass is 79.9. The first-order chi connectivity index (χ1) is 10.6. The molecule has 0 radical (unpaired) electrons. The lowest BCUT2D eigenvalue weighted by Crippen LogP contribution is -2.36. The Balaban J connectivity index is 1.76. The van der Waals surface area contributed by atoms with Crippen molar-refractivity contribution in [3.8, 4) is 11.5 Å².